The topological polar surface area (TPSA) is 12.0 Å². The largest absolute Gasteiger partial charge is 0.314 e. The van der Waals surface area contributed by atoms with Crippen LogP contribution in [0, 0.1) is 11.8 Å². The number of rotatable bonds is 7. The van der Waals surface area contributed by atoms with E-state index in [1.54, 1.807) is 0 Å². The van der Waals surface area contributed by atoms with Gasteiger partial charge in [-0.15, -0.1) is 11.3 Å². The van der Waals surface area contributed by atoms with Gasteiger partial charge in [-0.05, 0) is 42.7 Å². The van der Waals surface area contributed by atoms with Crippen LogP contribution >= 0.6 is 11.3 Å². The maximum absolute atomic E-state index is 3.57. The van der Waals surface area contributed by atoms with E-state index in [0.717, 1.165) is 18.4 Å². The normalized spacial score (nSPS) is 13.6. The van der Waals surface area contributed by atoms with Gasteiger partial charge in [-0.1, -0.05) is 33.8 Å². The average Bonchev–Trinajstić information content (AvgIpc) is 2.66. The Labute approximate surface area is 104 Å². The van der Waals surface area contributed by atoms with Crippen molar-refractivity contribution in [3.8, 4) is 0 Å². The lowest BCUT2D eigenvalue weighted by Crippen LogP contribution is -2.30. The molecule has 0 fully saturated rings. The molecule has 1 atom stereocenters. The van der Waals surface area contributed by atoms with Gasteiger partial charge >= 0.3 is 0 Å². The predicted molar refractivity (Wildman–Crippen MR) is 74.1 cm³/mol. The van der Waals surface area contributed by atoms with E-state index in [0.29, 0.717) is 6.04 Å². The van der Waals surface area contributed by atoms with Crippen molar-refractivity contribution in [2.45, 2.75) is 46.6 Å². The second-order valence-corrected chi connectivity index (χ2v) is 6.37. The fourth-order valence-electron chi connectivity index (χ4n) is 2.02. The first kappa shape index (κ1) is 13.7. The van der Waals surface area contributed by atoms with E-state index < -0.39 is 0 Å². The highest BCUT2D eigenvalue weighted by atomic mass is 32.1. The smallest absolute Gasteiger partial charge is 0.00484 e. The van der Waals surface area contributed by atoms with Crippen LogP contribution < -0.4 is 5.32 Å². The molecule has 0 aliphatic carbocycles. The highest BCUT2D eigenvalue weighted by molar-refractivity contribution is 7.09. The van der Waals surface area contributed by atoms with Crippen LogP contribution in [-0.2, 0) is 6.42 Å². The van der Waals surface area contributed by atoms with Crippen molar-refractivity contribution in [3.63, 3.8) is 0 Å². The summed E-state index contributed by atoms with van der Waals surface area (Å²) in [7, 11) is 0. The first-order valence-corrected chi connectivity index (χ1v) is 7.21. The Morgan fingerprint density at radius 2 is 2.00 bits per heavy atom. The van der Waals surface area contributed by atoms with Crippen molar-refractivity contribution < 1.29 is 0 Å². The quantitative estimate of drug-likeness (QED) is 0.759. The zero-order valence-electron chi connectivity index (χ0n) is 11.0. The van der Waals surface area contributed by atoms with Crippen molar-refractivity contribution in [3.05, 3.63) is 22.4 Å². The Hall–Kier alpha value is -0.340. The van der Waals surface area contributed by atoms with Crippen LogP contribution in [0.2, 0.25) is 0 Å². The zero-order chi connectivity index (χ0) is 12.0. The van der Waals surface area contributed by atoms with Gasteiger partial charge in [0.05, 0.1) is 0 Å². The van der Waals surface area contributed by atoms with E-state index in [1.807, 2.05) is 11.3 Å². The van der Waals surface area contributed by atoms with Crippen LogP contribution in [0.25, 0.3) is 0 Å². The molecule has 0 bridgehead atoms. The van der Waals surface area contributed by atoms with Gasteiger partial charge in [-0.2, -0.15) is 0 Å². The molecule has 0 spiro atoms. The summed E-state index contributed by atoms with van der Waals surface area (Å²) < 4.78 is 0. The second-order valence-electron chi connectivity index (χ2n) is 5.34. The Morgan fingerprint density at radius 3 is 2.50 bits per heavy atom. The minimum absolute atomic E-state index is 0.595. The molecule has 1 rings (SSSR count). The molecule has 92 valence electrons. The molecular weight excluding hydrogens is 214 g/mol. The molecular formula is C14H25NS. The standard InChI is InChI=1S/C14H25NS/c1-11(2)8-13(10-15-12(3)4)9-14-6-5-7-16-14/h5-7,11-13,15H,8-10H2,1-4H3. The summed E-state index contributed by atoms with van der Waals surface area (Å²) in [6.45, 7) is 10.2. The molecule has 2 heteroatoms. The molecule has 0 aromatic carbocycles. The van der Waals surface area contributed by atoms with E-state index in [9.17, 15) is 0 Å². The van der Waals surface area contributed by atoms with Gasteiger partial charge in [0.2, 0.25) is 0 Å². The van der Waals surface area contributed by atoms with Crippen molar-refractivity contribution in [1.29, 1.82) is 0 Å². The van der Waals surface area contributed by atoms with Gasteiger partial charge in [0, 0.05) is 10.9 Å². The Bertz CT molecular complexity index is 264. The molecule has 1 nitrogen and oxygen atoms in total. The number of hydrogen-bond acceptors (Lipinski definition) is 2. The summed E-state index contributed by atoms with van der Waals surface area (Å²) in [5.41, 5.74) is 0. The molecule has 1 N–H and O–H groups in total. The van der Waals surface area contributed by atoms with Crippen LogP contribution in [0.15, 0.2) is 17.5 Å². The van der Waals surface area contributed by atoms with Crippen molar-refractivity contribution in [2.75, 3.05) is 6.54 Å². The van der Waals surface area contributed by atoms with E-state index in [4.69, 9.17) is 0 Å². The molecule has 0 aliphatic heterocycles. The fourth-order valence-corrected chi connectivity index (χ4v) is 2.84. The number of nitrogens with one attached hydrogen (secondary N) is 1. The maximum atomic E-state index is 3.57. The molecule has 0 amide bonds. The van der Waals surface area contributed by atoms with E-state index in [1.165, 1.54) is 17.7 Å². The monoisotopic (exact) mass is 239 g/mol. The van der Waals surface area contributed by atoms with Crippen molar-refractivity contribution in [2.24, 2.45) is 11.8 Å². The van der Waals surface area contributed by atoms with E-state index in [2.05, 4.69) is 50.5 Å². The Balaban J connectivity index is 2.43. The summed E-state index contributed by atoms with van der Waals surface area (Å²) >= 11 is 1.88. The van der Waals surface area contributed by atoms with E-state index in [-0.39, 0.29) is 0 Å². The lowest BCUT2D eigenvalue weighted by atomic mass is 9.93. The second kappa shape index (κ2) is 7.08. The van der Waals surface area contributed by atoms with Gasteiger partial charge in [0.15, 0.2) is 0 Å². The summed E-state index contributed by atoms with van der Waals surface area (Å²) in [4.78, 5) is 1.52. The van der Waals surface area contributed by atoms with Gasteiger partial charge in [-0.3, -0.25) is 0 Å². The summed E-state index contributed by atoms with van der Waals surface area (Å²) in [6.07, 6.45) is 2.55. The molecule has 16 heavy (non-hydrogen) atoms. The fraction of sp³-hybridized carbons (Fsp3) is 0.714. The third-order valence-electron chi connectivity index (χ3n) is 2.69. The third-order valence-corrected chi connectivity index (χ3v) is 3.59. The maximum Gasteiger partial charge on any atom is 0.00484 e. The Kier molecular flexibility index (Phi) is 6.07. The number of thiophene rings is 1. The summed E-state index contributed by atoms with van der Waals surface area (Å²) in [5, 5.41) is 5.75. The van der Waals surface area contributed by atoms with Crippen LogP contribution in [0.3, 0.4) is 0 Å². The van der Waals surface area contributed by atoms with Crippen LogP contribution in [0.5, 0.6) is 0 Å². The molecule has 1 aromatic heterocycles. The highest BCUT2D eigenvalue weighted by Crippen LogP contribution is 2.20. The molecule has 0 saturated carbocycles. The molecule has 1 aromatic rings. The molecule has 1 unspecified atom stereocenters. The first-order valence-electron chi connectivity index (χ1n) is 6.33. The van der Waals surface area contributed by atoms with Crippen molar-refractivity contribution in [1.82, 2.24) is 5.32 Å². The summed E-state index contributed by atoms with van der Waals surface area (Å²) in [6, 6.07) is 5.01. The lowest BCUT2D eigenvalue weighted by Gasteiger charge is -2.20. The van der Waals surface area contributed by atoms with Gasteiger partial charge in [-0.25, -0.2) is 0 Å². The van der Waals surface area contributed by atoms with Gasteiger partial charge in [0.25, 0.3) is 0 Å². The van der Waals surface area contributed by atoms with Gasteiger partial charge < -0.3 is 5.32 Å². The minimum atomic E-state index is 0.595. The molecule has 0 aliphatic rings. The molecule has 0 saturated heterocycles. The SMILES string of the molecule is CC(C)CC(CNC(C)C)Cc1cccs1. The summed E-state index contributed by atoms with van der Waals surface area (Å²) in [5.74, 6) is 1.57. The predicted octanol–water partition coefficient (Wildman–Crippen LogP) is 3.95. The average molecular weight is 239 g/mol. The first-order chi connectivity index (χ1) is 7.58. The zero-order valence-corrected chi connectivity index (χ0v) is 11.8. The number of hydrogen-bond donors (Lipinski definition) is 1. The van der Waals surface area contributed by atoms with Gasteiger partial charge in [0.1, 0.15) is 0 Å². The van der Waals surface area contributed by atoms with E-state index >= 15 is 0 Å². The van der Waals surface area contributed by atoms with Crippen LogP contribution in [0.1, 0.15) is 39.0 Å². The lowest BCUT2D eigenvalue weighted by molar-refractivity contribution is 0.374. The van der Waals surface area contributed by atoms with Crippen LogP contribution in [-0.4, -0.2) is 12.6 Å². The third kappa shape index (κ3) is 5.66. The van der Waals surface area contributed by atoms with Crippen LogP contribution in [0.4, 0.5) is 0 Å². The van der Waals surface area contributed by atoms with Crippen molar-refractivity contribution >= 4 is 11.3 Å². The Morgan fingerprint density at radius 1 is 1.25 bits per heavy atom. The molecule has 1 heterocycles. The highest BCUT2D eigenvalue weighted by Gasteiger charge is 2.12. The molecule has 0 radical (unpaired) electrons. The minimum Gasteiger partial charge on any atom is -0.314 e.